The molecule has 0 saturated heterocycles. The van der Waals surface area contributed by atoms with E-state index in [1.807, 2.05) is 0 Å². The van der Waals surface area contributed by atoms with Crippen molar-refractivity contribution in [2.75, 3.05) is 11.4 Å². The fraction of sp³-hybridized carbons (Fsp3) is 0.667. The number of hydrogen-bond acceptors (Lipinski definition) is 4. The third kappa shape index (κ3) is 3.66. The third-order valence-corrected chi connectivity index (χ3v) is 3.73. The molecule has 4 heteroatoms. The number of aromatic nitrogens is 2. The summed E-state index contributed by atoms with van der Waals surface area (Å²) < 4.78 is 0. The summed E-state index contributed by atoms with van der Waals surface area (Å²) in [6.45, 7) is 5.45. The Bertz CT molecular complexity index is 444. The largest absolute Gasteiger partial charge is 0.338 e. The molecule has 1 saturated carbocycles. The Kier molecular flexibility index (Phi) is 4.73. The van der Waals surface area contributed by atoms with Gasteiger partial charge in [0.05, 0.1) is 0 Å². The molecular formula is C15H22N4. The Balaban J connectivity index is 2.17. The van der Waals surface area contributed by atoms with Gasteiger partial charge in [-0.05, 0) is 31.2 Å². The SMILES string of the molecule is CC(C)CCN(c1nccc(C#N)n1)C1CCCC1. The van der Waals surface area contributed by atoms with Crippen molar-refractivity contribution >= 4 is 5.95 Å². The zero-order valence-corrected chi connectivity index (χ0v) is 11.8. The average Bonchev–Trinajstić information content (AvgIpc) is 2.93. The average molecular weight is 258 g/mol. The minimum Gasteiger partial charge on any atom is -0.338 e. The molecular weight excluding hydrogens is 236 g/mol. The molecule has 1 fully saturated rings. The Hall–Kier alpha value is -1.63. The van der Waals surface area contributed by atoms with Crippen LogP contribution in [0.2, 0.25) is 0 Å². The summed E-state index contributed by atoms with van der Waals surface area (Å²) in [6, 6.07) is 4.31. The van der Waals surface area contributed by atoms with Crippen LogP contribution >= 0.6 is 0 Å². The maximum atomic E-state index is 8.97. The van der Waals surface area contributed by atoms with Gasteiger partial charge in [0, 0.05) is 18.8 Å². The summed E-state index contributed by atoms with van der Waals surface area (Å²) in [5, 5.41) is 8.97. The van der Waals surface area contributed by atoms with Gasteiger partial charge in [-0.15, -0.1) is 0 Å². The van der Waals surface area contributed by atoms with Gasteiger partial charge in [-0.2, -0.15) is 5.26 Å². The summed E-state index contributed by atoms with van der Waals surface area (Å²) >= 11 is 0. The monoisotopic (exact) mass is 258 g/mol. The first-order chi connectivity index (χ1) is 9.20. The molecule has 0 spiro atoms. The fourth-order valence-electron chi connectivity index (χ4n) is 2.61. The number of hydrogen-bond donors (Lipinski definition) is 0. The van der Waals surface area contributed by atoms with Crippen molar-refractivity contribution in [2.45, 2.75) is 52.0 Å². The molecule has 19 heavy (non-hydrogen) atoms. The van der Waals surface area contributed by atoms with Gasteiger partial charge in [-0.3, -0.25) is 0 Å². The molecule has 2 rings (SSSR count). The Morgan fingerprint density at radius 3 is 2.79 bits per heavy atom. The Labute approximate surface area is 115 Å². The van der Waals surface area contributed by atoms with Crippen LogP contribution < -0.4 is 4.90 Å². The molecule has 0 aromatic carbocycles. The van der Waals surface area contributed by atoms with Gasteiger partial charge in [0.2, 0.25) is 5.95 Å². The van der Waals surface area contributed by atoms with Gasteiger partial charge < -0.3 is 4.90 Å². The van der Waals surface area contributed by atoms with E-state index in [9.17, 15) is 0 Å². The summed E-state index contributed by atoms with van der Waals surface area (Å²) in [4.78, 5) is 11.1. The van der Waals surface area contributed by atoms with Gasteiger partial charge in [-0.25, -0.2) is 9.97 Å². The molecule has 0 bridgehead atoms. The Morgan fingerprint density at radius 2 is 2.16 bits per heavy atom. The van der Waals surface area contributed by atoms with E-state index < -0.39 is 0 Å². The predicted octanol–water partition coefficient (Wildman–Crippen LogP) is 3.14. The molecule has 1 aliphatic carbocycles. The van der Waals surface area contributed by atoms with Crippen LogP contribution in [0.3, 0.4) is 0 Å². The molecule has 0 atom stereocenters. The highest BCUT2D eigenvalue weighted by molar-refractivity contribution is 5.35. The summed E-state index contributed by atoms with van der Waals surface area (Å²) in [7, 11) is 0. The van der Waals surface area contributed by atoms with Crippen molar-refractivity contribution in [1.29, 1.82) is 5.26 Å². The summed E-state index contributed by atoms with van der Waals surface area (Å²) in [5.41, 5.74) is 0.456. The van der Waals surface area contributed by atoms with Crippen molar-refractivity contribution in [3.8, 4) is 6.07 Å². The topological polar surface area (TPSA) is 52.8 Å². The second kappa shape index (κ2) is 6.51. The number of anilines is 1. The first kappa shape index (κ1) is 13.8. The highest BCUT2D eigenvalue weighted by Crippen LogP contribution is 2.26. The molecule has 0 amide bonds. The lowest BCUT2D eigenvalue weighted by atomic mass is 10.1. The summed E-state index contributed by atoms with van der Waals surface area (Å²) in [6.07, 6.45) is 7.85. The van der Waals surface area contributed by atoms with Crippen LogP contribution in [0.15, 0.2) is 12.3 Å². The van der Waals surface area contributed by atoms with Crippen LogP contribution in [0.4, 0.5) is 5.95 Å². The first-order valence-corrected chi connectivity index (χ1v) is 7.20. The van der Waals surface area contributed by atoms with E-state index in [1.165, 1.54) is 25.7 Å². The lowest BCUT2D eigenvalue weighted by molar-refractivity contribution is 0.521. The minimum absolute atomic E-state index is 0.456. The van der Waals surface area contributed by atoms with Crippen molar-refractivity contribution in [3.63, 3.8) is 0 Å². The zero-order valence-electron chi connectivity index (χ0n) is 11.8. The lowest BCUT2D eigenvalue weighted by Gasteiger charge is -2.29. The normalized spacial score (nSPS) is 15.7. The van der Waals surface area contributed by atoms with E-state index >= 15 is 0 Å². The quantitative estimate of drug-likeness (QED) is 0.814. The zero-order chi connectivity index (χ0) is 13.7. The van der Waals surface area contributed by atoms with Crippen molar-refractivity contribution < 1.29 is 0 Å². The molecule has 0 radical (unpaired) electrons. The van der Waals surface area contributed by atoms with Crippen LogP contribution in [-0.2, 0) is 0 Å². The maximum Gasteiger partial charge on any atom is 0.226 e. The van der Waals surface area contributed by atoms with E-state index in [0.717, 1.165) is 18.9 Å². The molecule has 1 aromatic rings. The molecule has 1 heterocycles. The van der Waals surface area contributed by atoms with Gasteiger partial charge in [0.1, 0.15) is 11.8 Å². The Morgan fingerprint density at radius 1 is 1.42 bits per heavy atom. The second-order valence-corrected chi connectivity index (χ2v) is 5.67. The van der Waals surface area contributed by atoms with Gasteiger partial charge in [0.25, 0.3) is 0 Å². The predicted molar refractivity (Wildman–Crippen MR) is 75.8 cm³/mol. The smallest absolute Gasteiger partial charge is 0.226 e. The highest BCUT2D eigenvalue weighted by atomic mass is 15.3. The molecule has 0 aliphatic heterocycles. The van der Waals surface area contributed by atoms with Crippen LogP contribution in [0.1, 0.15) is 51.6 Å². The number of rotatable bonds is 5. The van der Waals surface area contributed by atoms with Crippen LogP contribution in [0, 0.1) is 17.2 Å². The van der Waals surface area contributed by atoms with Gasteiger partial charge in [0.15, 0.2) is 0 Å². The molecule has 0 unspecified atom stereocenters. The number of nitrogens with zero attached hydrogens (tertiary/aromatic N) is 4. The summed E-state index contributed by atoms with van der Waals surface area (Å²) in [5.74, 6) is 1.40. The van der Waals surface area contributed by atoms with Crippen LogP contribution in [0.5, 0.6) is 0 Å². The second-order valence-electron chi connectivity index (χ2n) is 5.67. The first-order valence-electron chi connectivity index (χ1n) is 7.20. The molecule has 1 aromatic heterocycles. The van der Waals surface area contributed by atoms with E-state index in [4.69, 9.17) is 5.26 Å². The van der Waals surface area contributed by atoms with Crippen LogP contribution in [-0.4, -0.2) is 22.6 Å². The van der Waals surface area contributed by atoms with E-state index in [-0.39, 0.29) is 0 Å². The van der Waals surface area contributed by atoms with E-state index in [2.05, 4.69) is 34.8 Å². The van der Waals surface area contributed by atoms with E-state index in [1.54, 1.807) is 12.3 Å². The molecule has 0 N–H and O–H groups in total. The standard InChI is InChI=1S/C15H22N4/c1-12(2)8-10-19(14-5-3-4-6-14)15-17-9-7-13(11-16)18-15/h7,9,12,14H,3-6,8,10H2,1-2H3. The van der Waals surface area contributed by atoms with Crippen molar-refractivity contribution in [1.82, 2.24) is 9.97 Å². The van der Waals surface area contributed by atoms with Gasteiger partial charge in [-0.1, -0.05) is 26.7 Å². The maximum absolute atomic E-state index is 8.97. The lowest BCUT2D eigenvalue weighted by Crippen LogP contribution is -2.36. The number of nitriles is 1. The molecule has 102 valence electrons. The highest BCUT2D eigenvalue weighted by Gasteiger charge is 2.24. The van der Waals surface area contributed by atoms with Crippen molar-refractivity contribution in [2.24, 2.45) is 5.92 Å². The van der Waals surface area contributed by atoms with Gasteiger partial charge >= 0.3 is 0 Å². The molecule has 1 aliphatic rings. The molecule has 4 nitrogen and oxygen atoms in total. The third-order valence-electron chi connectivity index (χ3n) is 3.73. The van der Waals surface area contributed by atoms with E-state index in [0.29, 0.717) is 17.7 Å². The van der Waals surface area contributed by atoms with Crippen molar-refractivity contribution in [3.05, 3.63) is 18.0 Å². The fourth-order valence-corrected chi connectivity index (χ4v) is 2.61. The van der Waals surface area contributed by atoms with Crippen LogP contribution in [0.25, 0.3) is 0 Å². The minimum atomic E-state index is 0.456.